The zero-order chi connectivity index (χ0) is 17.4. The molecule has 0 aromatic heterocycles. The first-order valence-electron chi connectivity index (χ1n) is 7.55. The number of imide groups is 1. The summed E-state index contributed by atoms with van der Waals surface area (Å²) in [5, 5.41) is 2.67. The van der Waals surface area contributed by atoms with Crippen molar-refractivity contribution >= 4 is 17.7 Å². The van der Waals surface area contributed by atoms with Crippen LogP contribution < -0.4 is 5.32 Å². The number of hydrogen-bond acceptors (Lipinski definition) is 3. The van der Waals surface area contributed by atoms with Crippen LogP contribution in [0.4, 0.5) is 9.18 Å². The Morgan fingerprint density at radius 2 is 1.78 bits per heavy atom. The van der Waals surface area contributed by atoms with E-state index in [0.29, 0.717) is 12.0 Å². The van der Waals surface area contributed by atoms with Gasteiger partial charge in [-0.1, -0.05) is 39.8 Å². The Bertz CT molecular complexity index is 649. The van der Waals surface area contributed by atoms with E-state index in [1.807, 2.05) is 0 Å². The summed E-state index contributed by atoms with van der Waals surface area (Å²) in [6, 6.07) is 4.85. The number of nitrogens with one attached hydrogen (secondary N) is 1. The molecule has 0 saturated carbocycles. The maximum atomic E-state index is 13.1. The number of carbonyl (C=O) groups excluding carboxylic acids is 3. The summed E-state index contributed by atoms with van der Waals surface area (Å²) in [7, 11) is 0. The Kier molecular flexibility index (Phi) is 4.28. The lowest BCUT2D eigenvalue weighted by atomic mass is 9.86. The maximum Gasteiger partial charge on any atom is 0.325 e. The number of ketones is 1. The molecule has 5 nitrogen and oxygen atoms in total. The van der Waals surface area contributed by atoms with Gasteiger partial charge in [0.05, 0.1) is 6.54 Å². The van der Waals surface area contributed by atoms with Crippen LogP contribution in [0.3, 0.4) is 0 Å². The number of amides is 3. The Labute approximate surface area is 134 Å². The Morgan fingerprint density at radius 3 is 2.26 bits per heavy atom. The maximum absolute atomic E-state index is 13.1. The van der Waals surface area contributed by atoms with Crippen molar-refractivity contribution in [3.63, 3.8) is 0 Å². The molecule has 2 rings (SSSR count). The Morgan fingerprint density at radius 1 is 1.22 bits per heavy atom. The minimum absolute atomic E-state index is 0.202. The molecule has 0 spiro atoms. The van der Waals surface area contributed by atoms with Crippen molar-refractivity contribution in [3.8, 4) is 0 Å². The van der Waals surface area contributed by atoms with E-state index in [1.165, 1.54) is 24.3 Å². The lowest BCUT2D eigenvalue weighted by Crippen LogP contribution is -2.44. The van der Waals surface area contributed by atoms with Gasteiger partial charge in [0.25, 0.3) is 5.91 Å². The summed E-state index contributed by atoms with van der Waals surface area (Å²) in [5.74, 6) is -1.10. The molecule has 1 aliphatic heterocycles. The summed E-state index contributed by atoms with van der Waals surface area (Å²) in [4.78, 5) is 38.2. The Hall–Kier alpha value is -2.24. The number of Topliss-reactive ketones (excluding diaryl/α,β-unsaturated/α-hetero) is 1. The van der Waals surface area contributed by atoms with Gasteiger partial charge in [-0.2, -0.15) is 0 Å². The highest BCUT2D eigenvalue weighted by Crippen LogP contribution is 2.33. The van der Waals surface area contributed by atoms with E-state index in [1.54, 1.807) is 27.7 Å². The molecule has 3 amide bonds. The molecule has 1 aromatic carbocycles. The molecule has 1 heterocycles. The fourth-order valence-electron chi connectivity index (χ4n) is 2.52. The molecule has 6 heteroatoms. The van der Waals surface area contributed by atoms with Gasteiger partial charge in [0, 0.05) is 5.41 Å². The molecule has 23 heavy (non-hydrogen) atoms. The number of urea groups is 1. The standard InChI is InChI=1S/C17H21FN2O3/c1-5-17(11-6-8-12(18)9-7-11)14(22)20(15(23)19-17)10-13(21)16(2,3)4/h6-9H,5,10H2,1-4H3,(H,19,23)/t17-/m1/s1. The third-order valence-corrected chi connectivity index (χ3v) is 4.18. The minimum atomic E-state index is -1.25. The van der Waals surface area contributed by atoms with Crippen LogP contribution >= 0.6 is 0 Å². The molecular formula is C17H21FN2O3. The predicted molar refractivity (Wildman–Crippen MR) is 83.1 cm³/mol. The summed E-state index contributed by atoms with van der Waals surface area (Å²) in [6.07, 6.45) is 0.309. The number of nitrogens with zero attached hydrogens (tertiary/aromatic N) is 1. The average molecular weight is 320 g/mol. The monoisotopic (exact) mass is 320 g/mol. The second-order valence-corrected chi connectivity index (χ2v) is 6.76. The largest absolute Gasteiger partial charge is 0.325 e. The molecular weight excluding hydrogens is 299 g/mol. The second-order valence-electron chi connectivity index (χ2n) is 6.76. The second kappa shape index (κ2) is 5.76. The van der Waals surface area contributed by atoms with Gasteiger partial charge in [-0.25, -0.2) is 9.18 Å². The highest BCUT2D eigenvalue weighted by atomic mass is 19.1. The molecule has 0 aliphatic carbocycles. The van der Waals surface area contributed by atoms with Crippen LogP contribution in [0.1, 0.15) is 39.7 Å². The first kappa shape index (κ1) is 17.1. The highest BCUT2D eigenvalue weighted by Gasteiger charge is 2.52. The number of carbonyl (C=O) groups is 3. The molecule has 0 radical (unpaired) electrons. The number of hydrogen-bond donors (Lipinski definition) is 1. The molecule has 1 aromatic rings. The van der Waals surface area contributed by atoms with Crippen molar-refractivity contribution in [1.29, 1.82) is 0 Å². The Balaban J connectivity index is 2.35. The van der Waals surface area contributed by atoms with Crippen LogP contribution in [-0.4, -0.2) is 29.2 Å². The number of benzene rings is 1. The van der Waals surface area contributed by atoms with Crippen molar-refractivity contribution in [2.75, 3.05) is 6.54 Å². The van der Waals surface area contributed by atoms with E-state index >= 15 is 0 Å². The van der Waals surface area contributed by atoms with Gasteiger partial charge in [-0.3, -0.25) is 14.5 Å². The van der Waals surface area contributed by atoms with Crippen molar-refractivity contribution in [3.05, 3.63) is 35.6 Å². The lowest BCUT2D eigenvalue weighted by molar-refractivity contribution is -0.137. The van der Waals surface area contributed by atoms with Crippen LogP contribution in [0.25, 0.3) is 0 Å². The van der Waals surface area contributed by atoms with Crippen molar-refractivity contribution in [2.24, 2.45) is 5.41 Å². The van der Waals surface area contributed by atoms with E-state index in [0.717, 1.165) is 4.90 Å². The smallest absolute Gasteiger partial charge is 0.319 e. The van der Waals surface area contributed by atoms with E-state index in [4.69, 9.17) is 0 Å². The van der Waals surface area contributed by atoms with E-state index in [9.17, 15) is 18.8 Å². The van der Waals surface area contributed by atoms with E-state index in [2.05, 4.69) is 5.32 Å². The topological polar surface area (TPSA) is 66.5 Å². The summed E-state index contributed by atoms with van der Waals surface area (Å²) >= 11 is 0. The SMILES string of the molecule is CC[C@]1(c2ccc(F)cc2)NC(=O)N(CC(=O)C(C)(C)C)C1=O. The van der Waals surface area contributed by atoms with Gasteiger partial charge < -0.3 is 5.32 Å². The number of rotatable bonds is 4. The molecule has 0 bridgehead atoms. The fourth-order valence-corrected chi connectivity index (χ4v) is 2.52. The van der Waals surface area contributed by atoms with Crippen LogP contribution in [0, 0.1) is 11.2 Å². The molecule has 1 fully saturated rings. The zero-order valence-corrected chi connectivity index (χ0v) is 13.8. The minimum Gasteiger partial charge on any atom is -0.319 e. The molecule has 0 unspecified atom stereocenters. The summed E-state index contributed by atoms with van der Waals surface area (Å²) in [6.45, 7) is 6.70. The van der Waals surface area contributed by atoms with Gasteiger partial charge in [-0.15, -0.1) is 0 Å². The number of halogens is 1. The van der Waals surface area contributed by atoms with Gasteiger partial charge in [0.2, 0.25) is 0 Å². The van der Waals surface area contributed by atoms with Crippen LogP contribution in [0.2, 0.25) is 0 Å². The van der Waals surface area contributed by atoms with Gasteiger partial charge in [0.1, 0.15) is 11.4 Å². The summed E-state index contributed by atoms with van der Waals surface area (Å²) < 4.78 is 13.1. The van der Waals surface area contributed by atoms with Crippen molar-refractivity contribution < 1.29 is 18.8 Å². The van der Waals surface area contributed by atoms with Crippen LogP contribution in [0.15, 0.2) is 24.3 Å². The molecule has 1 aliphatic rings. The van der Waals surface area contributed by atoms with Crippen LogP contribution in [0.5, 0.6) is 0 Å². The van der Waals surface area contributed by atoms with Crippen molar-refractivity contribution in [2.45, 2.75) is 39.7 Å². The molecule has 1 N–H and O–H groups in total. The van der Waals surface area contributed by atoms with Crippen molar-refractivity contribution in [1.82, 2.24) is 10.2 Å². The van der Waals surface area contributed by atoms with Crippen LogP contribution in [-0.2, 0) is 15.1 Å². The first-order valence-corrected chi connectivity index (χ1v) is 7.55. The molecule has 1 atom stereocenters. The highest BCUT2D eigenvalue weighted by molar-refractivity contribution is 6.09. The normalized spacial score (nSPS) is 21.5. The lowest BCUT2D eigenvalue weighted by Gasteiger charge is -2.26. The third kappa shape index (κ3) is 2.98. The third-order valence-electron chi connectivity index (χ3n) is 4.18. The zero-order valence-electron chi connectivity index (χ0n) is 13.8. The quantitative estimate of drug-likeness (QED) is 0.867. The van der Waals surface area contributed by atoms with Gasteiger partial charge >= 0.3 is 6.03 Å². The fraction of sp³-hybridized carbons (Fsp3) is 0.471. The first-order chi connectivity index (χ1) is 10.6. The predicted octanol–water partition coefficient (Wildman–Crippen LogP) is 2.60. The average Bonchev–Trinajstić information content (AvgIpc) is 2.72. The molecule has 1 saturated heterocycles. The molecule has 124 valence electrons. The van der Waals surface area contributed by atoms with Gasteiger partial charge in [-0.05, 0) is 24.1 Å². The van der Waals surface area contributed by atoms with Gasteiger partial charge in [0.15, 0.2) is 5.78 Å². The van der Waals surface area contributed by atoms with E-state index in [-0.39, 0.29) is 12.3 Å². The van der Waals surface area contributed by atoms with E-state index < -0.39 is 28.7 Å². The summed E-state index contributed by atoms with van der Waals surface area (Å²) in [5.41, 5.74) is -1.39.